The van der Waals surface area contributed by atoms with Crippen LogP contribution in [0, 0.1) is 5.92 Å². The van der Waals surface area contributed by atoms with Crippen molar-refractivity contribution >= 4 is 21.7 Å². The molecule has 0 radical (unpaired) electrons. The van der Waals surface area contributed by atoms with Gasteiger partial charge in [0.25, 0.3) is 0 Å². The largest absolute Gasteiger partial charge is 0.384 e. The Labute approximate surface area is 104 Å². The van der Waals surface area contributed by atoms with Gasteiger partial charge in [-0.05, 0) is 34.7 Å². The average Bonchev–Trinajstić information content (AvgIpc) is 2.30. The van der Waals surface area contributed by atoms with Gasteiger partial charge in [0, 0.05) is 32.9 Å². The monoisotopic (exact) mass is 285 g/mol. The van der Waals surface area contributed by atoms with Crippen molar-refractivity contribution in [3.63, 3.8) is 0 Å². The number of aromatic nitrogens is 2. The summed E-state index contributed by atoms with van der Waals surface area (Å²) in [5.74, 6) is 1.71. The van der Waals surface area contributed by atoms with Gasteiger partial charge in [0.05, 0.1) is 0 Å². The maximum absolute atomic E-state index is 5.19. The molecule has 0 aliphatic carbocycles. The summed E-state index contributed by atoms with van der Waals surface area (Å²) in [6.07, 6.45) is 3.95. The van der Waals surface area contributed by atoms with E-state index >= 15 is 0 Å². The van der Waals surface area contributed by atoms with Gasteiger partial charge in [0.15, 0.2) is 0 Å². The number of piperidine rings is 1. The third kappa shape index (κ3) is 2.92. The van der Waals surface area contributed by atoms with Crippen LogP contribution in [0.1, 0.15) is 12.8 Å². The zero-order valence-corrected chi connectivity index (χ0v) is 11.0. The number of methoxy groups -OCH3 is 1. The van der Waals surface area contributed by atoms with Gasteiger partial charge in [-0.25, -0.2) is 9.97 Å². The molecule has 1 fully saturated rings. The van der Waals surface area contributed by atoms with E-state index < -0.39 is 0 Å². The first-order valence-electron chi connectivity index (χ1n) is 5.51. The first kappa shape index (κ1) is 11.8. The Bertz CT molecular complexity index is 340. The van der Waals surface area contributed by atoms with Gasteiger partial charge in [0.1, 0.15) is 16.7 Å². The zero-order valence-electron chi connectivity index (χ0n) is 9.40. The lowest BCUT2D eigenvalue weighted by Gasteiger charge is -2.32. The van der Waals surface area contributed by atoms with Crippen molar-refractivity contribution in [1.29, 1.82) is 0 Å². The van der Waals surface area contributed by atoms with Crippen molar-refractivity contribution in [2.45, 2.75) is 12.8 Å². The second-order valence-electron chi connectivity index (χ2n) is 4.08. The van der Waals surface area contributed by atoms with E-state index in [-0.39, 0.29) is 0 Å². The van der Waals surface area contributed by atoms with E-state index in [0.29, 0.717) is 5.92 Å². The number of ether oxygens (including phenoxy) is 1. The summed E-state index contributed by atoms with van der Waals surface area (Å²) >= 11 is 3.37. The van der Waals surface area contributed by atoms with Crippen LogP contribution in [-0.2, 0) is 4.74 Å². The minimum absolute atomic E-state index is 0.700. The molecule has 1 aromatic heterocycles. The molecule has 0 spiro atoms. The Morgan fingerprint density at radius 2 is 2.19 bits per heavy atom. The van der Waals surface area contributed by atoms with E-state index in [9.17, 15) is 0 Å². The minimum Gasteiger partial charge on any atom is -0.384 e. The van der Waals surface area contributed by atoms with Crippen LogP contribution in [0.15, 0.2) is 17.0 Å². The van der Waals surface area contributed by atoms with E-state index in [0.717, 1.165) is 30.1 Å². The molecule has 5 heteroatoms. The van der Waals surface area contributed by atoms with Crippen LogP contribution in [0.2, 0.25) is 0 Å². The summed E-state index contributed by atoms with van der Waals surface area (Å²) in [5.41, 5.74) is 0. The summed E-state index contributed by atoms with van der Waals surface area (Å²) in [6.45, 7) is 2.98. The minimum atomic E-state index is 0.700. The molecule has 0 N–H and O–H groups in total. The highest BCUT2D eigenvalue weighted by molar-refractivity contribution is 9.10. The third-order valence-electron chi connectivity index (χ3n) is 2.96. The number of hydrogen-bond donors (Lipinski definition) is 0. The number of anilines is 1. The van der Waals surface area contributed by atoms with Crippen molar-refractivity contribution in [1.82, 2.24) is 9.97 Å². The molecule has 0 atom stereocenters. The molecule has 4 nitrogen and oxygen atoms in total. The molecule has 1 aliphatic rings. The van der Waals surface area contributed by atoms with Gasteiger partial charge in [-0.15, -0.1) is 0 Å². The second-order valence-corrected chi connectivity index (χ2v) is 4.90. The van der Waals surface area contributed by atoms with Crippen LogP contribution in [0.25, 0.3) is 0 Å². The number of hydrogen-bond acceptors (Lipinski definition) is 4. The predicted octanol–water partition coefficient (Wildman–Crippen LogP) is 2.10. The fourth-order valence-electron chi connectivity index (χ4n) is 2.06. The van der Waals surface area contributed by atoms with E-state index in [1.807, 2.05) is 6.07 Å². The van der Waals surface area contributed by atoms with Crippen molar-refractivity contribution in [2.75, 3.05) is 31.7 Å². The lowest BCUT2D eigenvalue weighted by molar-refractivity contribution is 0.139. The van der Waals surface area contributed by atoms with Gasteiger partial charge in [-0.3, -0.25) is 0 Å². The van der Waals surface area contributed by atoms with Crippen LogP contribution in [0.4, 0.5) is 5.82 Å². The quantitative estimate of drug-likeness (QED) is 0.798. The Morgan fingerprint density at radius 3 is 2.81 bits per heavy atom. The number of rotatable bonds is 3. The Kier molecular flexibility index (Phi) is 4.12. The maximum Gasteiger partial charge on any atom is 0.133 e. The van der Waals surface area contributed by atoms with Crippen molar-refractivity contribution < 1.29 is 4.74 Å². The highest BCUT2D eigenvalue weighted by Crippen LogP contribution is 2.22. The van der Waals surface area contributed by atoms with Crippen LogP contribution in [0.5, 0.6) is 0 Å². The standard InChI is InChI=1S/C11H16BrN3O/c1-16-7-9-2-4-15(5-3-9)11-6-10(12)13-8-14-11/h6,8-9H,2-5,7H2,1H3. The van der Waals surface area contributed by atoms with E-state index in [1.165, 1.54) is 12.8 Å². The van der Waals surface area contributed by atoms with E-state index in [1.54, 1.807) is 13.4 Å². The average molecular weight is 286 g/mol. The highest BCUT2D eigenvalue weighted by atomic mass is 79.9. The van der Waals surface area contributed by atoms with Gasteiger partial charge < -0.3 is 9.64 Å². The second kappa shape index (κ2) is 5.59. The molecule has 0 saturated carbocycles. The van der Waals surface area contributed by atoms with Crippen LogP contribution >= 0.6 is 15.9 Å². The third-order valence-corrected chi connectivity index (χ3v) is 3.39. The summed E-state index contributed by atoms with van der Waals surface area (Å²) in [6, 6.07) is 1.97. The van der Waals surface area contributed by atoms with Crippen LogP contribution in [0.3, 0.4) is 0 Å². The molecule has 1 saturated heterocycles. The Hall–Kier alpha value is -0.680. The van der Waals surface area contributed by atoms with E-state index in [4.69, 9.17) is 4.74 Å². The first-order valence-corrected chi connectivity index (χ1v) is 6.30. The fourth-order valence-corrected chi connectivity index (χ4v) is 2.36. The fraction of sp³-hybridized carbons (Fsp3) is 0.636. The molecular weight excluding hydrogens is 270 g/mol. The van der Waals surface area contributed by atoms with Crippen LogP contribution < -0.4 is 4.90 Å². The van der Waals surface area contributed by atoms with Crippen LogP contribution in [-0.4, -0.2) is 36.8 Å². The number of nitrogens with zero attached hydrogens (tertiary/aromatic N) is 3. The molecule has 0 bridgehead atoms. The summed E-state index contributed by atoms with van der Waals surface area (Å²) in [5, 5.41) is 0. The molecule has 0 amide bonds. The normalized spacial score (nSPS) is 17.8. The summed E-state index contributed by atoms with van der Waals surface area (Å²) < 4.78 is 6.03. The number of halogens is 1. The highest BCUT2D eigenvalue weighted by Gasteiger charge is 2.19. The molecule has 1 aliphatic heterocycles. The SMILES string of the molecule is COCC1CCN(c2cc(Br)ncn2)CC1. The van der Waals surface area contributed by atoms with Crippen molar-refractivity contribution in [2.24, 2.45) is 5.92 Å². The molecule has 16 heavy (non-hydrogen) atoms. The van der Waals surface area contributed by atoms with Crippen molar-refractivity contribution in [3.8, 4) is 0 Å². The lowest BCUT2D eigenvalue weighted by atomic mass is 9.98. The Balaban J connectivity index is 1.94. The molecular formula is C11H16BrN3O. The topological polar surface area (TPSA) is 38.2 Å². The van der Waals surface area contributed by atoms with Gasteiger partial charge in [-0.2, -0.15) is 0 Å². The molecule has 88 valence electrons. The lowest BCUT2D eigenvalue weighted by Crippen LogP contribution is -2.35. The van der Waals surface area contributed by atoms with Gasteiger partial charge in [0.2, 0.25) is 0 Å². The molecule has 2 rings (SSSR count). The van der Waals surface area contributed by atoms with Gasteiger partial charge in [-0.1, -0.05) is 0 Å². The van der Waals surface area contributed by atoms with Crippen molar-refractivity contribution in [3.05, 3.63) is 17.0 Å². The smallest absolute Gasteiger partial charge is 0.133 e. The summed E-state index contributed by atoms with van der Waals surface area (Å²) in [7, 11) is 1.77. The maximum atomic E-state index is 5.19. The first-order chi connectivity index (χ1) is 7.79. The summed E-state index contributed by atoms with van der Waals surface area (Å²) in [4.78, 5) is 10.6. The molecule has 0 unspecified atom stereocenters. The molecule has 0 aromatic carbocycles. The zero-order chi connectivity index (χ0) is 11.4. The molecule has 1 aromatic rings. The van der Waals surface area contributed by atoms with Gasteiger partial charge >= 0.3 is 0 Å². The van der Waals surface area contributed by atoms with E-state index in [2.05, 4.69) is 30.8 Å². The predicted molar refractivity (Wildman–Crippen MR) is 66.5 cm³/mol. The Morgan fingerprint density at radius 1 is 1.44 bits per heavy atom. The molecule has 2 heterocycles.